The molecular weight excluding hydrogens is 391 g/mol. The van der Waals surface area contributed by atoms with Gasteiger partial charge < -0.3 is 10.1 Å². The SMILES string of the molecule is CCOc1ccc(NC2=C([N+](=O)[O-])C(=C(Cl)Cl)N3C=CC(C)=CC3=N2)cc1. The van der Waals surface area contributed by atoms with Crippen molar-refractivity contribution in [1.29, 1.82) is 0 Å². The van der Waals surface area contributed by atoms with E-state index in [1.165, 1.54) is 4.90 Å². The van der Waals surface area contributed by atoms with Crippen LogP contribution in [0.2, 0.25) is 0 Å². The summed E-state index contributed by atoms with van der Waals surface area (Å²) < 4.78 is 5.18. The second-order valence-corrected chi connectivity index (χ2v) is 6.64. The van der Waals surface area contributed by atoms with Crippen molar-refractivity contribution in [2.24, 2.45) is 4.99 Å². The van der Waals surface area contributed by atoms with Crippen LogP contribution in [0.4, 0.5) is 5.69 Å². The van der Waals surface area contributed by atoms with Crippen LogP contribution in [-0.4, -0.2) is 22.3 Å². The molecule has 0 saturated heterocycles. The normalized spacial score (nSPS) is 15.9. The van der Waals surface area contributed by atoms with Gasteiger partial charge >= 0.3 is 5.70 Å². The first kappa shape index (κ1) is 19.0. The van der Waals surface area contributed by atoms with Crippen molar-refractivity contribution < 1.29 is 9.66 Å². The number of halogens is 2. The highest BCUT2D eigenvalue weighted by Crippen LogP contribution is 2.34. The van der Waals surface area contributed by atoms with E-state index >= 15 is 0 Å². The Balaban J connectivity index is 2.06. The summed E-state index contributed by atoms with van der Waals surface area (Å²) in [5, 5.41) is 14.7. The third-order valence-corrected chi connectivity index (χ3v) is 4.15. The third-order valence-electron chi connectivity index (χ3n) is 3.80. The Morgan fingerprint density at radius 1 is 1.33 bits per heavy atom. The van der Waals surface area contributed by atoms with Crippen LogP contribution in [0.5, 0.6) is 5.75 Å². The summed E-state index contributed by atoms with van der Waals surface area (Å²) in [6.45, 7) is 4.34. The molecule has 0 spiro atoms. The van der Waals surface area contributed by atoms with Crippen molar-refractivity contribution in [3.63, 3.8) is 0 Å². The Kier molecular flexibility index (Phi) is 5.53. The van der Waals surface area contributed by atoms with E-state index in [0.717, 1.165) is 5.57 Å². The van der Waals surface area contributed by atoms with Crippen molar-refractivity contribution in [2.75, 3.05) is 11.9 Å². The van der Waals surface area contributed by atoms with E-state index in [0.29, 0.717) is 23.9 Å². The fraction of sp³-hybridized carbons (Fsp3) is 0.167. The van der Waals surface area contributed by atoms with Gasteiger partial charge in [0.05, 0.1) is 11.5 Å². The molecule has 27 heavy (non-hydrogen) atoms. The maximum Gasteiger partial charge on any atom is 0.338 e. The standard InChI is InChI=1S/C18H16Cl2N4O3/c1-3-27-13-6-4-12(5-7-13)21-18-16(24(25)26)15(17(19)20)23-9-8-11(2)10-14(23)22-18/h4-10,21H,3H2,1-2H3. The van der Waals surface area contributed by atoms with Crippen LogP contribution in [0, 0.1) is 10.1 Å². The highest BCUT2D eigenvalue weighted by molar-refractivity contribution is 6.56. The topological polar surface area (TPSA) is 80.0 Å². The van der Waals surface area contributed by atoms with Gasteiger partial charge in [-0.1, -0.05) is 23.2 Å². The number of fused-ring (bicyclic) bond motifs is 1. The van der Waals surface area contributed by atoms with E-state index in [9.17, 15) is 10.1 Å². The average molecular weight is 407 g/mol. The molecule has 0 bridgehead atoms. The number of hydrogen-bond acceptors (Lipinski definition) is 6. The molecule has 0 aromatic heterocycles. The number of rotatable bonds is 5. The molecule has 0 radical (unpaired) electrons. The largest absolute Gasteiger partial charge is 0.494 e. The number of benzene rings is 1. The number of ether oxygens (including phenoxy) is 1. The Hall–Kier alpha value is -2.77. The summed E-state index contributed by atoms with van der Waals surface area (Å²) in [7, 11) is 0. The van der Waals surface area contributed by atoms with Crippen LogP contribution >= 0.6 is 23.2 Å². The van der Waals surface area contributed by atoms with E-state index in [1.54, 1.807) is 42.6 Å². The summed E-state index contributed by atoms with van der Waals surface area (Å²) in [6, 6.07) is 7.02. The molecule has 1 aromatic rings. The van der Waals surface area contributed by atoms with E-state index in [-0.39, 0.29) is 21.7 Å². The van der Waals surface area contributed by atoms with E-state index < -0.39 is 4.92 Å². The lowest BCUT2D eigenvalue weighted by Crippen LogP contribution is -2.34. The summed E-state index contributed by atoms with van der Waals surface area (Å²) in [5.41, 5.74) is 1.30. The zero-order valence-corrected chi connectivity index (χ0v) is 16.1. The summed E-state index contributed by atoms with van der Waals surface area (Å²) in [5.74, 6) is 1.22. The first-order valence-electron chi connectivity index (χ1n) is 8.09. The van der Waals surface area contributed by atoms with Gasteiger partial charge in [0.25, 0.3) is 0 Å². The van der Waals surface area contributed by atoms with Crippen LogP contribution in [0.3, 0.4) is 0 Å². The van der Waals surface area contributed by atoms with Gasteiger partial charge in [0.1, 0.15) is 16.1 Å². The quantitative estimate of drug-likeness (QED) is 0.562. The first-order chi connectivity index (χ1) is 12.9. The van der Waals surface area contributed by atoms with Crippen molar-refractivity contribution in [3.8, 4) is 5.75 Å². The lowest BCUT2D eigenvalue weighted by atomic mass is 10.1. The molecule has 2 aliphatic rings. The number of aliphatic imine (C=N–C) groups is 1. The highest BCUT2D eigenvalue weighted by Gasteiger charge is 2.37. The van der Waals surface area contributed by atoms with Crippen molar-refractivity contribution in [2.45, 2.75) is 13.8 Å². The van der Waals surface area contributed by atoms with Crippen molar-refractivity contribution in [3.05, 3.63) is 80.0 Å². The van der Waals surface area contributed by atoms with Gasteiger partial charge in [0.15, 0.2) is 5.70 Å². The number of hydrogen-bond donors (Lipinski definition) is 1. The number of amidine groups is 1. The molecule has 1 N–H and O–H groups in total. The van der Waals surface area contributed by atoms with Crippen LogP contribution in [-0.2, 0) is 0 Å². The summed E-state index contributed by atoms with van der Waals surface area (Å²) in [4.78, 5) is 17.1. The van der Waals surface area contributed by atoms with Gasteiger partial charge in [-0.2, -0.15) is 0 Å². The molecule has 0 saturated carbocycles. The molecule has 0 unspecified atom stereocenters. The van der Waals surface area contributed by atoms with Gasteiger partial charge in [-0.05, 0) is 55.8 Å². The average Bonchev–Trinajstić information content (AvgIpc) is 2.61. The molecule has 9 heteroatoms. The molecule has 0 amide bonds. The second-order valence-electron chi connectivity index (χ2n) is 5.69. The first-order valence-corrected chi connectivity index (χ1v) is 8.85. The smallest absolute Gasteiger partial charge is 0.338 e. The number of nitrogens with zero attached hydrogens (tertiary/aromatic N) is 3. The molecule has 2 aliphatic heterocycles. The highest BCUT2D eigenvalue weighted by atomic mass is 35.5. The minimum Gasteiger partial charge on any atom is -0.494 e. The molecular formula is C18H16Cl2N4O3. The van der Waals surface area contributed by atoms with Gasteiger partial charge in [0.2, 0.25) is 5.82 Å². The Labute approximate surface area is 166 Å². The summed E-state index contributed by atoms with van der Waals surface area (Å²) >= 11 is 12.0. The van der Waals surface area contributed by atoms with Crippen LogP contribution in [0.25, 0.3) is 0 Å². The predicted octanol–water partition coefficient (Wildman–Crippen LogP) is 4.78. The summed E-state index contributed by atoms with van der Waals surface area (Å²) in [6.07, 6.45) is 5.22. The minimum absolute atomic E-state index is 0.0450. The molecule has 1 aromatic carbocycles. The fourth-order valence-electron chi connectivity index (χ4n) is 2.64. The van der Waals surface area contributed by atoms with Gasteiger partial charge in [0, 0.05) is 11.9 Å². The lowest BCUT2D eigenvalue weighted by Gasteiger charge is -2.29. The van der Waals surface area contributed by atoms with E-state index in [1.807, 2.05) is 13.8 Å². The third kappa shape index (κ3) is 3.99. The van der Waals surface area contributed by atoms with E-state index in [4.69, 9.17) is 27.9 Å². The number of allylic oxidation sites excluding steroid dienone is 2. The van der Waals surface area contributed by atoms with E-state index in [2.05, 4.69) is 10.3 Å². The maximum absolute atomic E-state index is 11.7. The zero-order valence-electron chi connectivity index (χ0n) is 14.6. The zero-order chi connectivity index (χ0) is 19.6. The lowest BCUT2D eigenvalue weighted by molar-refractivity contribution is -0.423. The molecule has 0 aliphatic carbocycles. The Bertz CT molecular complexity index is 926. The molecule has 0 fully saturated rings. The number of anilines is 1. The fourth-order valence-corrected chi connectivity index (χ4v) is 3.00. The van der Waals surface area contributed by atoms with Gasteiger partial charge in [-0.15, -0.1) is 0 Å². The molecule has 3 rings (SSSR count). The van der Waals surface area contributed by atoms with Gasteiger partial charge in [-0.3, -0.25) is 15.0 Å². The Morgan fingerprint density at radius 3 is 2.63 bits per heavy atom. The molecule has 140 valence electrons. The van der Waals surface area contributed by atoms with Crippen molar-refractivity contribution >= 4 is 34.7 Å². The van der Waals surface area contributed by atoms with Crippen LogP contribution < -0.4 is 10.1 Å². The monoisotopic (exact) mass is 406 g/mol. The number of nitro groups is 1. The predicted molar refractivity (Wildman–Crippen MR) is 106 cm³/mol. The molecule has 2 heterocycles. The Morgan fingerprint density at radius 2 is 2.04 bits per heavy atom. The maximum atomic E-state index is 11.7. The van der Waals surface area contributed by atoms with Gasteiger partial charge in [-0.25, -0.2) is 4.99 Å². The second kappa shape index (κ2) is 7.85. The number of nitrogens with one attached hydrogen (secondary N) is 1. The molecule has 0 atom stereocenters. The molecule has 7 nitrogen and oxygen atoms in total. The van der Waals surface area contributed by atoms with Crippen LogP contribution in [0.1, 0.15) is 13.8 Å². The minimum atomic E-state index is -0.559. The van der Waals surface area contributed by atoms with Crippen LogP contribution in [0.15, 0.2) is 74.9 Å². The van der Waals surface area contributed by atoms with Crippen molar-refractivity contribution in [1.82, 2.24) is 4.90 Å².